The molecular formula is C20H27N5O. The minimum Gasteiger partial charge on any atom is -0.381 e. The number of ether oxygens (including phenoxy) is 1. The van der Waals surface area contributed by atoms with E-state index < -0.39 is 0 Å². The summed E-state index contributed by atoms with van der Waals surface area (Å²) in [5.41, 5.74) is 1.91. The van der Waals surface area contributed by atoms with Crippen LogP contribution in [0.1, 0.15) is 19.0 Å². The second kappa shape index (κ2) is 8.10. The van der Waals surface area contributed by atoms with E-state index in [0.29, 0.717) is 5.92 Å². The van der Waals surface area contributed by atoms with Crippen LogP contribution in [0.25, 0.3) is 11.5 Å². The van der Waals surface area contributed by atoms with E-state index in [9.17, 15) is 0 Å². The van der Waals surface area contributed by atoms with E-state index in [4.69, 9.17) is 9.72 Å². The maximum absolute atomic E-state index is 5.51. The highest BCUT2D eigenvalue weighted by atomic mass is 16.5. The molecule has 6 heteroatoms. The van der Waals surface area contributed by atoms with Gasteiger partial charge in [-0.15, -0.1) is 0 Å². The van der Waals surface area contributed by atoms with Crippen LogP contribution in [0.4, 0.5) is 5.82 Å². The molecular weight excluding hydrogens is 326 g/mol. The van der Waals surface area contributed by atoms with Crippen molar-refractivity contribution in [3.63, 3.8) is 0 Å². The molecule has 0 spiro atoms. The number of hydrogen-bond donors (Lipinski definition) is 0. The van der Waals surface area contributed by atoms with Crippen LogP contribution in [0.15, 0.2) is 30.5 Å². The summed E-state index contributed by atoms with van der Waals surface area (Å²) in [6.45, 7) is 9.35. The van der Waals surface area contributed by atoms with Crippen molar-refractivity contribution in [2.45, 2.75) is 19.8 Å². The second-order valence-electron chi connectivity index (χ2n) is 7.13. The molecule has 4 rings (SSSR count). The maximum atomic E-state index is 5.51. The molecule has 2 aliphatic heterocycles. The lowest BCUT2D eigenvalue weighted by atomic mass is 10.1. The highest BCUT2D eigenvalue weighted by Crippen LogP contribution is 2.21. The molecule has 0 bridgehead atoms. The number of aromatic nitrogens is 3. The van der Waals surface area contributed by atoms with Gasteiger partial charge in [0.15, 0.2) is 5.82 Å². The summed E-state index contributed by atoms with van der Waals surface area (Å²) < 4.78 is 5.51. The lowest BCUT2D eigenvalue weighted by molar-refractivity contribution is 0.164. The molecule has 2 saturated heterocycles. The summed E-state index contributed by atoms with van der Waals surface area (Å²) in [6.07, 6.45) is 3.90. The largest absolute Gasteiger partial charge is 0.381 e. The minimum atomic E-state index is 0.711. The van der Waals surface area contributed by atoms with Gasteiger partial charge >= 0.3 is 0 Å². The Hall–Kier alpha value is -2.05. The van der Waals surface area contributed by atoms with Gasteiger partial charge in [0.25, 0.3) is 0 Å². The van der Waals surface area contributed by atoms with E-state index in [1.165, 1.54) is 6.42 Å². The van der Waals surface area contributed by atoms with E-state index in [2.05, 4.69) is 32.8 Å². The molecule has 2 aromatic heterocycles. The van der Waals surface area contributed by atoms with Gasteiger partial charge < -0.3 is 9.64 Å². The summed E-state index contributed by atoms with van der Waals surface area (Å²) >= 11 is 0. The summed E-state index contributed by atoms with van der Waals surface area (Å²) in [7, 11) is 0. The van der Waals surface area contributed by atoms with Crippen LogP contribution in [-0.4, -0.2) is 65.8 Å². The van der Waals surface area contributed by atoms with Crippen molar-refractivity contribution in [2.75, 3.05) is 50.8 Å². The molecule has 2 aliphatic rings. The fraction of sp³-hybridized carbons (Fsp3) is 0.550. The molecule has 4 heterocycles. The molecule has 0 aromatic carbocycles. The molecule has 138 valence electrons. The molecule has 2 fully saturated rings. The van der Waals surface area contributed by atoms with Crippen LogP contribution in [0.2, 0.25) is 0 Å². The zero-order chi connectivity index (χ0) is 17.8. The molecule has 0 saturated carbocycles. The van der Waals surface area contributed by atoms with Crippen LogP contribution in [0.3, 0.4) is 0 Å². The molecule has 0 aliphatic carbocycles. The summed E-state index contributed by atoms with van der Waals surface area (Å²) in [5.74, 6) is 2.47. The van der Waals surface area contributed by atoms with E-state index >= 15 is 0 Å². The van der Waals surface area contributed by atoms with Crippen LogP contribution in [-0.2, 0) is 11.2 Å². The van der Waals surface area contributed by atoms with Crippen molar-refractivity contribution in [3.05, 3.63) is 36.2 Å². The Morgan fingerprint density at radius 2 is 2.04 bits per heavy atom. The Morgan fingerprint density at radius 3 is 2.73 bits per heavy atom. The van der Waals surface area contributed by atoms with Crippen LogP contribution in [0.5, 0.6) is 0 Å². The van der Waals surface area contributed by atoms with E-state index in [1.807, 2.05) is 18.2 Å². The van der Waals surface area contributed by atoms with Crippen LogP contribution >= 0.6 is 0 Å². The molecule has 2 aromatic rings. The normalized spacial score (nSPS) is 21.3. The monoisotopic (exact) mass is 353 g/mol. The Bertz CT molecular complexity index is 709. The number of nitrogens with zero attached hydrogens (tertiary/aromatic N) is 5. The number of hydrogen-bond acceptors (Lipinski definition) is 6. The number of pyridine rings is 1. The Labute approximate surface area is 155 Å². The van der Waals surface area contributed by atoms with Crippen molar-refractivity contribution in [3.8, 4) is 11.5 Å². The first kappa shape index (κ1) is 17.4. The molecule has 1 atom stereocenters. The maximum Gasteiger partial charge on any atom is 0.180 e. The quantitative estimate of drug-likeness (QED) is 0.822. The van der Waals surface area contributed by atoms with E-state index in [0.717, 1.165) is 75.4 Å². The second-order valence-corrected chi connectivity index (χ2v) is 7.13. The van der Waals surface area contributed by atoms with Crippen molar-refractivity contribution in [1.29, 1.82) is 0 Å². The molecule has 6 nitrogen and oxygen atoms in total. The average Bonchev–Trinajstić information content (AvgIpc) is 3.22. The fourth-order valence-corrected chi connectivity index (χ4v) is 3.69. The van der Waals surface area contributed by atoms with Crippen molar-refractivity contribution < 1.29 is 4.74 Å². The lowest BCUT2D eigenvalue weighted by Crippen LogP contribution is -2.48. The fourth-order valence-electron chi connectivity index (χ4n) is 3.69. The molecule has 1 unspecified atom stereocenters. The average molecular weight is 353 g/mol. The third-order valence-corrected chi connectivity index (χ3v) is 5.26. The van der Waals surface area contributed by atoms with Crippen LogP contribution in [0, 0.1) is 5.92 Å². The van der Waals surface area contributed by atoms with Gasteiger partial charge in [-0.05, 0) is 30.9 Å². The first-order valence-electron chi connectivity index (χ1n) is 9.66. The number of anilines is 1. The summed E-state index contributed by atoms with van der Waals surface area (Å²) in [6, 6.07) is 8.01. The van der Waals surface area contributed by atoms with Crippen molar-refractivity contribution >= 4 is 5.82 Å². The number of aryl methyl sites for hydroxylation is 1. The predicted molar refractivity (Wildman–Crippen MR) is 102 cm³/mol. The van der Waals surface area contributed by atoms with Gasteiger partial charge in [-0.2, -0.15) is 0 Å². The third-order valence-electron chi connectivity index (χ3n) is 5.26. The molecule has 0 N–H and O–H groups in total. The smallest absolute Gasteiger partial charge is 0.180 e. The van der Waals surface area contributed by atoms with Crippen molar-refractivity contribution in [1.82, 2.24) is 19.9 Å². The highest BCUT2D eigenvalue weighted by Gasteiger charge is 2.23. The zero-order valence-electron chi connectivity index (χ0n) is 15.5. The molecule has 0 amide bonds. The van der Waals surface area contributed by atoms with Crippen LogP contribution < -0.4 is 4.90 Å². The minimum absolute atomic E-state index is 0.711. The Kier molecular flexibility index (Phi) is 5.41. The van der Waals surface area contributed by atoms with Gasteiger partial charge in [0.1, 0.15) is 11.5 Å². The SMILES string of the molecule is CCc1cc(N2CCN(CC3CCOC3)CC2)nc(-c2ccccn2)n1. The van der Waals surface area contributed by atoms with Gasteiger partial charge in [0, 0.05) is 57.3 Å². The Balaban J connectivity index is 1.46. The first-order valence-corrected chi connectivity index (χ1v) is 9.66. The number of rotatable bonds is 5. The topological polar surface area (TPSA) is 54.4 Å². The van der Waals surface area contributed by atoms with E-state index in [-0.39, 0.29) is 0 Å². The summed E-state index contributed by atoms with van der Waals surface area (Å²) in [4.78, 5) is 18.9. The van der Waals surface area contributed by atoms with Gasteiger partial charge in [-0.3, -0.25) is 9.88 Å². The van der Waals surface area contributed by atoms with Gasteiger partial charge in [-0.25, -0.2) is 9.97 Å². The van der Waals surface area contributed by atoms with Gasteiger partial charge in [-0.1, -0.05) is 13.0 Å². The Morgan fingerprint density at radius 1 is 1.15 bits per heavy atom. The van der Waals surface area contributed by atoms with Crippen molar-refractivity contribution in [2.24, 2.45) is 5.92 Å². The first-order chi connectivity index (χ1) is 12.8. The molecule has 26 heavy (non-hydrogen) atoms. The van der Waals surface area contributed by atoms with E-state index in [1.54, 1.807) is 6.20 Å². The standard InChI is InChI=1S/C20H27N5O/c1-2-17-13-19(23-20(22-17)18-5-3-4-7-21-18)25-10-8-24(9-11-25)14-16-6-12-26-15-16/h3-5,7,13,16H,2,6,8-12,14-15H2,1H3. The third kappa shape index (κ3) is 4.02. The predicted octanol–water partition coefficient (Wildman–Crippen LogP) is 2.26. The highest BCUT2D eigenvalue weighted by molar-refractivity contribution is 5.54. The van der Waals surface area contributed by atoms with Gasteiger partial charge in [0.2, 0.25) is 0 Å². The number of piperazine rings is 1. The summed E-state index contributed by atoms with van der Waals surface area (Å²) in [5, 5.41) is 0. The zero-order valence-corrected chi connectivity index (χ0v) is 15.5. The lowest BCUT2D eigenvalue weighted by Gasteiger charge is -2.36. The molecule has 0 radical (unpaired) electrons. The van der Waals surface area contributed by atoms with Gasteiger partial charge in [0.05, 0.1) is 6.61 Å².